The molecule has 3 aliphatic rings. The van der Waals surface area contributed by atoms with Crippen LogP contribution in [0, 0.1) is 0 Å². The van der Waals surface area contributed by atoms with Gasteiger partial charge >= 0.3 is 0 Å². The molecule has 0 aliphatic carbocycles. The Balaban J connectivity index is 1.78. The summed E-state index contributed by atoms with van der Waals surface area (Å²) >= 11 is 0. The number of hydrogen-bond acceptors (Lipinski definition) is 2. The average molecular weight is 258 g/mol. The van der Waals surface area contributed by atoms with E-state index < -0.39 is 0 Å². The van der Waals surface area contributed by atoms with Gasteiger partial charge in [-0.1, -0.05) is 24.3 Å². The van der Waals surface area contributed by atoms with Gasteiger partial charge in [-0.25, -0.2) is 0 Å². The number of nitrogens with zero attached hydrogens (tertiary/aromatic N) is 1. The molecule has 0 radical (unpaired) electrons. The summed E-state index contributed by atoms with van der Waals surface area (Å²) in [6, 6.07) is 9.31. The first-order valence-electron chi connectivity index (χ1n) is 7.58. The van der Waals surface area contributed by atoms with Crippen LogP contribution < -0.4 is 5.73 Å². The molecule has 0 saturated carbocycles. The largest absolute Gasteiger partial charge is 0.325 e. The third-order valence-electron chi connectivity index (χ3n) is 4.95. The van der Waals surface area contributed by atoms with Crippen LogP contribution in [-0.2, 0) is 11.8 Å². The van der Waals surface area contributed by atoms with E-state index in [2.05, 4.69) is 43.0 Å². The van der Waals surface area contributed by atoms with Gasteiger partial charge in [0.15, 0.2) is 0 Å². The molecule has 0 amide bonds. The van der Waals surface area contributed by atoms with Crippen LogP contribution in [0.3, 0.4) is 0 Å². The molecule has 3 aliphatic heterocycles. The molecule has 0 atom stereocenters. The third kappa shape index (κ3) is 2.70. The van der Waals surface area contributed by atoms with Crippen molar-refractivity contribution >= 4 is 0 Å². The van der Waals surface area contributed by atoms with Crippen LogP contribution in [0.2, 0.25) is 0 Å². The second-order valence-corrected chi connectivity index (χ2v) is 7.23. The van der Waals surface area contributed by atoms with Gasteiger partial charge in [-0.05, 0) is 75.7 Å². The molecule has 3 saturated heterocycles. The third-order valence-corrected chi connectivity index (χ3v) is 4.95. The lowest BCUT2D eigenvalue weighted by molar-refractivity contribution is 0.0818. The second kappa shape index (κ2) is 4.60. The number of hydrogen-bond donors (Lipinski definition) is 1. The number of benzene rings is 1. The molecular formula is C17H26N2. The van der Waals surface area contributed by atoms with Crippen LogP contribution in [0.25, 0.3) is 0 Å². The molecule has 3 heterocycles. The summed E-state index contributed by atoms with van der Waals surface area (Å²) in [5, 5.41) is 0. The SMILES string of the molecule is CC(C)(N)Cc1ccc(C23CCN(CC2)CC3)cc1. The first-order chi connectivity index (χ1) is 8.97. The fourth-order valence-electron chi connectivity index (χ4n) is 3.76. The zero-order valence-corrected chi connectivity index (χ0v) is 12.3. The van der Waals surface area contributed by atoms with E-state index in [1.165, 1.54) is 44.5 Å². The van der Waals surface area contributed by atoms with Gasteiger partial charge in [0, 0.05) is 5.54 Å². The Morgan fingerprint density at radius 2 is 1.58 bits per heavy atom. The fourth-order valence-corrected chi connectivity index (χ4v) is 3.76. The first-order valence-corrected chi connectivity index (χ1v) is 7.58. The van der Waals surface area contributed by atoms with Crippen molar-refractivity contribution in [3.63, 3.8) is 0 Å². The summed E-state index contributed by atoms with van der Waals surface area (Å²) in [7, 11) is 0. The zero-order valence-electron chi connectivity index (χ0n) is 12.3. The van der Waals surface area contributed by atoms with Gasteiger partial charge in [-0.3, -0.25) is 0 Å². The van der Waals surface area contributed by atoms with E-state index in [1.54, 1.807) is 5.56 Å². The maximum atomic E-state index is 6.10. The number of piperidine rings is 3. The van der Waals surface area contributed by atoms with Crippen molar-refractivity contribution in [2.75, 3.05) is 19.6 Å². The highest BCUT2D eigenvalue weighted by atomic mass is 15.1. The number of rotatable bonds is 3. The Bertz CT molecular complexity index is 420. The molecule has 4 rings (SSSR count). The highest BCUT2D eigenvalue weighted by Gasteiger charge is 2.40. The van der Waals surface area contributed by atoms with Crippen molar-refractivity contribution in [1.82, 2.24) is 4.90 Å². The van der Waals surface area contributed by atoms with Crippen LogP contribution in [0.5, 0.6) is 0 Å². The second-order valence-electron chi connectivity index (χ2n) is 7.23. The highest BCUT2D eigenvalue weighted by molar-refractivity contribution is 5.31. The van der Waals surface area contributed by atoms with Gasteiger partial charge in [0.05, 0.1) is 0 Å². The number of fused-ring (bicyclic) bond motifs is 3. The van der Waals surface area contributed by atoms with Gasteiger partial charge in [-0.2, -0.15) is 0 Å². The summed E-state index contributed by atoms with van der Waals surface area (Å²) in [6.07, 6.45) is 4.98. The molecule has 104 valence electrons. The molecule has 2 heteroatoms. The van der Waals surface area contributed by atoms with E-state index in [9.17, 15) is 0 Å². The minimum Gasteiger partial charge on any atom is -0.325 e. The van der Waals surface area contributed by atoms with Crippen molar-refractivity contribution in [3.8, 4) is 0 Å². The van der Waals surface area contributed by atoms with E-state index in [0.717, 1.165) is 6.42 Å². The Morgan fingerprint density at radius 3 is 2.05 bits per heavy atom. The molecule has 0 aromatic heterocycles. The fraction of sp³-hybridized carbons (Fsp3) is 0.647. The van der Waals surface area contributed by atoms with Gasteiger partial charge in [0.2, 0.25) is 0 Å². The van der Waals surface area contributed by atoms with Crippen LogP contribution in [0.1, 0.15) is 44.2 Å². The predicted octanol–water partition coefficient (Wildman–Crippen LogP) is 2.70. The van der Waals surface area contributed by atoms with Gasteiger partial charge in [0.1, 0.15) is 0 Å². The molecule has 19 heavy (non-hydrogen) atoms. The van der Waals surface area contributed by atoms with E-state index in [1.807, 2.05) is 0 Å². The molecule has 2 nitrogen and oxygen atoms in total. The maximum absolute atomic E-state index is 6.10. The van der Waals surface area contributed by atoms with Crippen molar-refractivity contribution in [2.45, 2.75) is 50.5 Å². The van der Waals surface area contributed by atoms with E-state index >= 15 is 0 Å². The standard InChI is InChI=1S/C17H26N2/c1-16(2,18)13-14-3-5-15(6-4-14)17-7-10-19(11-8-17)12-9-17/h3-6H,7-13,18H2,1-2H3. The van der Waals surface area contributed by atoms with Crippen molar-refractivity contribution in [1.29, 1.82) is 0 Å². The topological polar surface area (TPSA) is 29.3 Å². The molecule has 1 aromatic carbocycles. The van der Waals surface area contributed by atoms with E-state index in [4.69, 9.17) is 5.73 Å². The Hall–Kier alpha value is -0.860. The summed E-state index contributed by atoms with van der Waals surface area (Å²) in [5.41, 5.74) is 9.39. The summed E-state index contributed by atoms with van der Waals surface area (Å²) in [5.74, 6) is 0. The van der Waals surface area contributed by atoms with Crippen LogP contribution in [-0.4, -0.2) is 30.1 Å². The minimum absolute atomic E-state index is 0.115. The van der Waals surface area contributed by atoms with E-state index in [0.29, 0.717) is 5.41 Å². The van der Waals surface area contributed by atoms with Crippen molar-refractivity contribution in [3.05, 3.63) is 35.4 Å². The van der Waals surface area contributed by atoms with Gasteiger partial charge in [-0.15, -0.1) is 0 Å². The smallest absolute Gasteiger partial charge is 0.0138 e. The average Bonchev–Trinajstić information content (AvgIpc) is 2.40. The summed E-state index contributed by atoms with van der Waals surface area (Å²) < 4.78 is 0. The molecule has 2 bridgehead atoms. The highest BCUT2D eigenvalue weighted by Crippen LogP contribution is 2.42. The Morgan fingerprint density at radius 1 is 1.05 bits per heavy atom. The van der Waals surface area contributed by atoms with Gasteiger partial charge in [0.25, 0.3) is 0 Å². The van der Waals surface area contributed by atoms with Gasteiger partial charge < -0.3 is 10.6 Å². The Kier molecular flexibility index (Phi) is 3.18. The minimum atomic E-state index is -0.115. The van der Waals surface area contributed by atoms with Crippen molar-refractivity contribution in [2.24, 2.45) is 5.73 Å². The quantitative estimate of drug-likeness (QED) is 0.903. The monoisotopic (exact) mass is 258 g/mol. The molecule has 1 aromatic rings. The normalized spacial score (nSPS) is 30.6. The maximum Gasteiger partial charge on any atom is 0.0138 e. The van der Waals surface area contributed by atoms with Crippen LogP contribution in [0.15, 0.2) is 24.3 Å². The zero-order chi connectivity index (χ0) is 13.5. The predicted molar refractivity (Wildman–Crippen MR) is 80.4 cm³/mol. The lowest BCUT2D eigenvalue weighted by Gasteiger charge is -2.49. The first kappa shape index (κ1) is 13.1. The molecule has 2 N–H and O–H groups in total. The van der Waals surface area contributed by atoms with E-state index in [-0.39, 0.29) is 5.54 Å². The molecule has 0 spiro atoms. The summed E-state index contributed by atoms with van der Waals surface area (Å²) in [6.45, 7) is 8.06. The Labute approximate surface area is 117 Å². The number of nitrogens with two attached hydrogens (primary N) is 1. The summed E-state index contributed by atoms with van der Waals surface area (Å²) in [4.78, 5) is 2.60. The van der Waals surface area contributed by atoms with Crippen LogP contribution in [0.4, 0.5) is 0 Å². The molecular weight excluding hydrogens is 232 g/mol. The lowest BCUT2D eigenvalue weighted by atomic mass is 9.67. The van der Waals surface area contributed by atoms with Crippen molar-refractivity contribution < 1.29 is 0 Å². The molecule has 0 unspecified atom stereocenters. The van der Waals surface area contributed by atoms with Crippen LogP contribution >= 0.6 is 0 Å². The lowest BCUT2D eigenvalue weighted by Crippen LogP contribution is -2.50. The molecule has 3 fully saturated rings.